The highest BCUT2D eigenvalue weighted by molar-refractivity contribution is 5.83. The fraction of sp³-hybridized carbons (Fsp3) is 0.433. The van der Waals surface area contributed by atoms with E-state index in [0.29, 0.717) is 29.1 Å². The van der Waals surface area contributed by atoms with Crippen LogP contribution in [0.1, 0.15) is 30.1 Å². The van der Waals surface area contributed by atoms with Gasteiger partial charge in [0.05, 0.1) is 47.0 Å². The second-order valence-corrected chi connectivity index (χ2v) is 10.3. The zero-order valence-corrected chi connectivity index (χ0v) is 22.1. The molecule has 3 saturated heterocycles. The molecular weight excluding hydrogens is 468 g/mol. The fourth-order valence-corrected chi connectivity index (χ4v) is 6.71. The van der Waals surface area contributed by atoms with E-state index in [0.717, 1.165) is 64.7 Å². The van der Waals surface area contributed by atoms with Crippen LogP contribution in [0.25, 0.3) is 10.9 Å². The van der Waals surface area contributed by atoms with Crippen molar-refractivity contribution in [2.75, 3.05) is 41.5 Å². The fourth-order valence-electron chi connectivity index (χ4n) is 6.71. The third kappa shape index (κ3) is 4.40. The molecule has 0 spiro atoms. The van der Waals surface area contributed by atoms with Gasteiger partial charge >= 0.3 is 0 Å². The van der Waals surface area contributed by atoms with Gasteiger partial charge in [-0.15, -0.1) is 6.58 Å². The van der Waals surface area contributed by atoms with E-state index in [-0.39, 0.29) is 6.04 Å². The van der Waals surface area contributed by atoms with Crippen LogP contribution in [0.2, 0.25) is 0 Å². The number of hydrogen-bond donors (Lipinski definition) is 1. The number of pyridine rings is 1. The SMILES string of the molecule is C=C[C@H]1C[N+]2(Cc3cc(OC)c(OC)c(OC)c3)CC[C@H]1C[C@H]2[C@H](O)c1ccnc2ccc(OC)cc12. The lowest BCUT2D eigenvalue weighted by Gasteiger charge is -2.58. The van der Waals surface area contributed by atoms with Crippen LogP contribution in [0.3, 0.4) is 0 Å². The van der Waals surface area contributed by atoms with Crippen LogP contribution in [-0.2, 0) is 6.54 Å². The molecule has 4 heterocycles. The Morgan fingerprint density at radius 2 is 1.81 bits per heavy atom. The van der Waals surface area contributed by atoms with Crippen molar-refractivity contribution in [1.82, 2.24) is 4.98 Å². The van der Waals surface area contributed by atoms with Crippen LogP contribution in [-0.4, -0.2) is 62.1 Å². The predicted octanol–water partition coefficient (Wildman–Crippen LogP) is 4.91. The molecule has 3 aliphatic heterocycles. The molecule has 1 aromatic heterocycles. The molecular formula is C30H37N2O5+. The van der Waals surface area contributed by atoms with E-state index in [1.807, 2.05) is 36.4 Å². The van der Waals surface area contributed by atoms with Gasteiger partial charge in [-0.05, 0) is 47.9 Å². The third-order valence-corrected chi connectivity index (χ3v) is 8.56. The maximum absolute atomic E-state index is 12.0. The van der Waals surface area contributed by atoms with Crippen LogP contribution < -0.4 is 18.9 Å². The van der Waals surface area contributed by atoms with Gasteiger partial charge in [0.1, 0.15) is 24.4 Å². The molecule has 37 heavy (non-hydrogen) atoms. The maximum Gasteiger partial charge on any atom is 0.203 e. The van der Waals surface area contributed by atoms with Gasteiger partial charge in [0, 0.05) is 35.9 Å². The highest BCUT2D eigenvalue weighted by Crippen LogP contribution is 2.49. The van der Waals surface area contributed by atoms with Crippen molar-refractivity contribution in [3.8, 4) is 23.0 Å². The van der Waals surface area contributed by atoms with E-state index in [1.54, 1.807) is 34.6 Å². The van der Waals surface area contributed by atoms with Gasteiger partial charge in [-0.1, -0.05) is 6.08 Å². The van der Waals surface area contributed by atoms with Crippen LogP contribution in [0.4, 0.5) is 0 Å². The number of hydrogen-bond acceptors (Lipinski definition) is 6. The monoisotopic (exact) mass is 505 g/mol. The van der Waals surface area contributed by atoms with E-state index < -0.39 is 6.10 Å². The predicted molar refractivity (Wildman–Crippen MR) is 143 cm³/mol. The van der Waals surface area contributed by atoms with E-state index in [9.17, 15) is 5.11 Å². The number of nitrogens with zero attached hydrogens (tertiary/aromatic N) is 2. The highest BCUT2D eigenvalue weighted by Gasteiger charge is 2.54. The van der Waals surface area contributed by atoms with Crippen molar-refractivity contribution in [3.63, 3.8) is 0 Å². The number of benzene rings is 2. The minimum atomic E-state index is -0.645. The van der Waals surface area contributed by atoms with Crippen molar-refractivity contribution in [1.29, 1.82) is 0 Å². The van der Waals surface area contributed by atoms with Gasteiger partial charge in [-0.25, -0.2) is 0 Å². The zero-order valence-electron chi connectivity index (χ0n) is 22.1. The molecule has 1 unspecified atom stereocenters. The molecule has 3 fully saturated rings. The molecule has 7 heteroatoms. The third-order valence-electron chi connectivity index (χ3n) is 8.56. The van der Waals surface area contributed by atoms with Gasteiger partial charge < -0.3 is 28.5 Å². The molecule has 3 aliphatic rings. The molecule has 0 radical (unpaired) electrons. The summed E-state index contributed by atoms with van der Waals surface area (Å²) in [6.45, 7) is 6.85. The number of aliphatic hydroxyl groups excluding tert-OH is 1. The number of rotatable bonds is 9. The van der Waals surface area contributed by atoms with Crippen molar-refractivity contribution in [2.24, 2.45) is 11.8 Å². The van der Waals surface area contributed by atoms with Gasteiger partial charge in [-0.3, -0.25) is 4.98 Å². The smallest absolute Gasteiger partial charge is 0.203 e. The van der Waals surface area contributed by atoms with Crippen molar-refractivity contribution >= 4 is 10.9 Å². The summed E-state index contributed by atoms with van der Waals surface area (Å²) in [6, 6.07) is 11.9. The minimum absolute atomic E-state index is 0.0332. The summed E-state index contributed by atoms with van der Waals surface area (Å²) in [5.74, 6) is 3.59. The molecule has 3 aromatic rings. The quantitative estimate of drug-likeness (QED) is 0.329. The van der Waals surface area contributed by atoms with Crippen molar-refractivity contribution < 1.29 is 28.5 Å². The Hall–Kier alpha value is -3.29. The number of quaternary nitrogens is 1. The van der Waals surface area contributed by atoms with Gasteiger partial charge in [0.15, 0.2) is 11.5 Å². The first-order valence-electron chi connectivity index (χ1n) is 12.8. The molecule has 7 nitrogen and oxygen atoms in total. The summed E-state index contributed by atoms with van der Waals surface area (Å²) in [6.07, 6.45) is 5.32. The second kappa shape index (κ2) is 10.2. The Bertz CT molecular complexity index is 1270. The van der Waals surface area contributed by atoms with Crippen LogP contribution in [0, 0.1) is 11.8 Å². The normalized spacial score (nSPS) is 25.5. The number of ether oxygens (including phenoxy) is 4. The van der Waals surface area contributed by atoms with Gasteiger partial charge in [0.2, 0.25) is 5.75 Å². The highest BCUT2D eigenvalue weighted by atomic mass is 16.5. The molecule has 2 bridgehead atoms. The lowest BCUT2D eigenvalue weighted by molar-refractivity contribution is -0.984. The van der Waals surface area contributed by atoms with E-state index >= 15 is 0 Å². The van der Waals surface area contributed by atoms with Gasteiger partial charge in [-0.2, -0.15) is 0 Å². The van der Waals surface area contributed by atoms with Crippen LogP contribution in [0.5, 0.6) is 23.0 Å². The van der Waals surface area contributed by atoms with E-state index in [1.165, 1.54) is 0 Å². The average molecular weight is 506 g/mol. The number of piperidine rings is 3. The van der Waals surface area contributed by atoms with Crippen LogP contribution in [0.15, 0.2) is 55.3 Å². The number of aliphatic hydroxyl groups is 1. The first kappa shape index (κ1) is 25.4. The second-order valence-electron chi connectivity index (χ2n) is 10.3. The summed E-state index contributed by atoms with van der Waals surface area (Å²) in [4.78, 5) is 4.53. The number of fused-ring (bicyclic) bond motifs is 4. The zero-order chi connectivity index (χ0) is 26.2. The summed E-state index contributed by atoms with van der Waals surface area (Å²) < 4.78 is 23.1. The van der Waals surface area contributed by atoms with E-state index in [2.05, 4.69) is 17.6 Å². The molecule has 0 saturated carbocycles. The maximum atomic E-state index is 12.0. The molecule has 0 amide bonds. The standard InChI is InChI=1S/C30H37N2O5/c1-6-20-18-32(17-19-13-27(35-3)30(37-5)28(14-19)36-4)12-10-21(20)15-26(32)29(33)23-9-11-31-25-8-7-22(34-2)16-24(23)25/h6-9,11,13-14,16,20-21,26,29,33H,1,10,12,15,17-18H2,2-5H3/q+1/t20-,21-,26-,29+,32?/m0/s1. The Kier molecular flexibility index (Phi) is 7.01. The topological polar surface area (TPSA) is 70.0 Å². The number of methoxy groups -OCH3 is 4. The Balaban J connectivity index is 1.57. The largest absolute Gasteiger partial charge is 0.497 e. The Morgan fingerprint density at radius 1 is 1.05 bits per heavy atom. The Labute approximate surface area is 218 Å². The Morgan fingerprint density at radius 3 is 2.46 bits per heavy atom. The summed E-state index contributed by atoms with van der Waals surface area (Å²) >= 11 is 0. The molecule has 2 aromatic carbocycles. The molecule has 0 aliphatic carbocycles. The summed E-state index contributed by atoms with van der Waals surface area (Å²) in [7, 11) is 6.56. The van der Waals surface area contributed by atoms with Crippen molar-refractivity contribution in [3.05, 3.63) is 66.4 Å². The summed E-state index contributed by atoms with van der Waals surface area (Å²) in [5, 5.41) is 13.0. The lowest BCUT2D eigenvalue weighted by atomic mass is 9.71. The van der Waals surface area contributed by atoms with Crippen LogP contribution >= 0.6 is 0 Å². The lowest BCUT2D eigenvalue weighted by Crippen LogP contribution is -2.67. The first-order chi connectivity index (χ1) is 18.0. The number of aromatic nitrogens is 1. The van der Waals surface area contributed by atoms with E-state index in [4.69, 9.17) is 18.9 Å². The van der Waals surface area contributed by atoms with Crippen molar-refractivity contribution in [2.45, 2.75) is 31.5 Å². The molecule has 1 N–H and O–H groups in total. The van der Waals surface area contributed by atoms with Gasteiger partial charge in [0.25, 0.3) is 0 Å². The minimum Gasteiger partial charge on any atom is -0.497 e. The summed E-state index contributed by atoms with van der Waals surface area (Å²) in [5.41, 5.74) is 2.85. The first-order valence-corrected chi connectivity index (χ1v) is 12.8. The molecule has 6 rings (SSSR count). The average Bonchev–Trinajstić information content (AvgIpc) is 2.95. The molecule has 5 atom stereocenters. The molecule has 196 valence electrons.